The van der Waals surface area contributed by atoms with Crippen molar-refractivity contribution in [2.24, 2.45) is 0 Å². The molecule has 0 atom stereocenters. The van der Waals surface area contributed by atoms with Crippen LogP contribution in [0.2, 0.25) is 0 Å². The van der Waals surface area contributed by atoms with Crippen molar-refractivity contribution in [2.75, 3.05) is 34.5 Å². The molecule has 0 bridgehead atoms. The molecular formula is C24H26N4O2. The van der Waals surface area contributed by atoms with Gasteiger partial charge in [-0.1, -0.05) is 30.3 Å². The Hall–Kier alpha value is -3.80. The van der Waals surface area contributed by atoms with Crippen LogP contribution in [0.4, 0.5) is 32.3 Å². The number of amides is 4. The van der Waals surface area contributed by atoms with Crippen molar-refractivity contribution in [1.29, 1.82) is 0 Å². The molecule has 3 aromatic carbocycles. The van der Waals surface area contributed by atoms with Gasteiger partial charge in [0, 0.05) is 36.8 Å². The van der Waals surface area contributed by atoms with E-state index in [0.29, 0.717) is 11.4 Å². The third-order valence-corrected chi connectivity index (χ3v) is 4.75. The number of nitrogens with one attached hydrogen (secondary N) is 2. The summed E-state index contributed by atoms with van der Waals surface area (Å²) in [6, 6.07) is 22.0. The van der Waals surface area contributed by atoms with E-state index in [9.17, 15) is 9.59 Å². The van der Waals surface area contributed by atoms with Gasteiger partial charge in [0.2, 0.25) is 0 Å². The third-order valence-electron chi connectivity index (χ3n) is 4.75. The summed E-state index contributed by atoms with van der Waals surface area (Å²) >= 11 is 0. The molecule has 0 aromatic heterocycles. The maximum Gasteiger partial charge on any atom is 0.326 e. The van der Waals surface area contributed by atoms with E-state index in [2.05, 4.69) is 10.6 Å². The average Bonchev–Trinajstić information content (AvgIpc) is 2.72. The second-order valence-electron chi connectivity index (χ2n) is 7.24. The molecule has 3 aromatic rings. The molecule has 0 saturated carbocycles. The summed E-state index contributed by atoms with van der Waals surface area (Å²) in [4.78, 5) is 28.3. The first-order valence-electron chi connectivity index (χ1n) is 9.66. The van der Waals surface area contributed by atoms with Crippen molar-refractivity contribution in [2.45, 2.75) is 13.8 Å². The lowest BCUT2D eigenvalue weighted by Crippen LogP contribution is -2.33. The summed E-state index contributed by atoms with van der Waals surface area (Å²) in [5.41, 5.74) is 4.95. The molecule has 0 radical (unpaired) electrons. The van der Waals surface area contributed by atoms with Gasteiger partial charge in [0.05, 0.1) is 0 Å². The van der Waals surface area contributed by atoms with E-state index in [1.807, 2.05) is 80.6 Å². The first-order chi connectivity index (χ1) is 14.3. The second-order valence-corrected chi connectivity index (χ2v) is 7.24. The average molecular weight is 402 g/mol. The lowest BCUT2D eigenvalue weighted by molar-refractivity contribution is 0.257. The van der Waals surface area contributed by atoms with Gasteiger partial charge in [-0.05, 0) is 67.4 Å². The third kappa shape index (κ3) is 5.17. The summed E-state index contributed by atoms with van der Waals surface area (Å²) in [6.45, 7) is 3.95. The smallest absolute Gasteiger partial charge is 0.308 e. The molecule has 0 heterocycles. The summed E-state index contributed by atoms with van der Waals surface area (Å²) in [6.07, 6.45) is 0. The van der Waals surface area contributed by atoms with Crippen molar-refractivity contribution in [3.63, 3.8) is 0 Å². The zero-order valence-electron chi connectivity index (χ0n) is 17.6. The Balaban J connectivity index is 1.71. The molecule has 154 valence electrons. The molecule has 0 fully saturated rings. The Bertz CT molecular complexity index is 984. The fraction of sp³-hybridized carbons (Fsp3) is 0.167. The number of nitrogens with zero attached hydrogens (tertiary/aromatic N) is 2. The van der Waals surface area contributed by atoms with Crippen LogP contribution >= 0.6 is 0 Å². The maximum absolute atomic E-state index is 12.6. The lowest BCUT2D eigenvalue weighted by Gasteiger charge is -2.22. The van der Waals surface area contributed by atoms with Crippen molar-refractivity contribution >= 4 is 34.8 Å². The molecule has 30 heavy (non-hydrogen) atoms. The minimum atomic E-state index is -0.260. The van der Waals surface area contributed by atoms with Gasteiger partial charge in [0.1, 0.15) is 0 Å². The fourth-order valence-corrected chi connectivity index (χ4v) is 3.01. The molecule has 0 saturated heterocycles. The van der Waals surface area contributed by atoms with E-state index >= 15 is 0 Å². The van der Waals surface area contributed by atoms with Crippen LogP contribution < -0.4 is 20.4 Å². The van der Waals surface area contributed by atoms with Gasteiger partial charge in [-0.25, -0.2) is 9.59 Å². The number of benzene rings is 3. The Labute approximate surface area is 177 Å². The van der Waals surface area contributed by atoms with Crippen molar-refractivity contribution in [3.05, 3.63) is 83.9 Å². The van der Waals surface area contributed by atoms with E-state index < -0.39 is 0 Å². The van der Waals surface area contributed by atoms with Crippen LogP contribution in [-0.2, 0) is 0 Å². The highest BCUT2D eigenvalue weighted by Crippen LogP contribution is 2.23. The van der Waals surface area contributed by atoms with Crippen LogP contribution in [0.25, 0.3) is 0 Å². The number of anilines is 4. The van der Waals surface area contributed by atoms with Crippen LogP contribution in [0.5, 0.6) is 0 Å². The highest BCUT2D eigenvalue weighted by atomic mass is 16.2. The summed E-state index contributed by atoms with van der Waals surface area (Å²) in [7, 11) is 3.38. The largest absolute Gasteiger partial charge is 0.326 e. The first-order valence-corrected chi connectivity index (χ1v) is 9.66. The predicted molar refractivity (Wildman–Crippen MR) is 124 cm³/mol. The van der Waals surface area contributed by atoms with E-state index in [1.165, 1.54) is 9.80 Å². The minimum absolute atomic E-state index is 0.260. The molecule has 0 unspecified atom stereocenters. The first kappa shape index (κ1) is 20.9. The number of hydrogen-bond acceptors (Lipinski definition) is 2. The number of carbonyl (C=O) groups is 2. The van der Waals surface area contributed by atoms with Gasteiger partial charge in [0.15, 0.2) is 0 Å². The van der Waals surface area contributed by atoms with Gasteiger partial charge in [-0.3, -0.25) is 9.80 Å². The van der Waals surface area contributed by atoms with Crippen molar-refractivity contribution in [3.8, 4) is 0 Å². The molecule has 2 N–H and O–H groups in total. The fourth-order valence-electron chi connectivity index (χ4n) is 3.01. The van der Waals surface area contributed by atoms with Gasteiger partial charge in [-0.15, -0.1) is 0 Å². The van der Waals surface area contributed by atoms with Gasteiger partial charge in [-0.2, -0.15) is 0 Å². The van der Waals surface area contributed by atoms with Crippen LogP contribution in [0.3, 0.4) is 0 Å². The van der Waals surface area contributed by atoms with E-state index in [1.54, 1.807) is 20.2 Å². The summed E-state index contributed by atoms with van der Waals surface area (Å²) in [5.74, 6) is 0. The Morgan fingerprint density at radius 3 is 1.43 bits per heavy atom. The van der Waals surface area contributed by atoms with Crippen LogP contribution in [0.1, 0.15) is 11.1 Å². The molecule has 3 rings (SSSR count). The van der Waals surface area contributed by atoms with Crippen LogP contribution in [-0.4, -0.2) is 26.2 Å². The zero-order valence-corrected chi connectivity index (χ0v) is 17.6. The number of hydrogen-bond donors (Lipinski definition) is 2. The molecule has 4 amide bonds. The molecular weight excluding hydrogens is 376 g/mol. The molecule has 0 aliphatic heterocycles. The predicted octanol–water partition coefficient (Wildman–Crippen LogP) is 5.64. The topological polar surface area (TPSA) is 64.7 Å². The number of rotatable bonds is 4. The van der Waals surface area contributed by atoms with Crippen LogP contribution in [0.15, 0.2) is 72.8 Å². The quantitative estimate of drug-likeness (QED) is 0.593. The molecule has 0 spiro atoms. The molecule has 6 heteroatoms. The Kier molecular flexibility index (Phi) is 6.37. The second kappa shape index (κ2) is 9.13. The normalized spacial score (nSPS) is 10.3. The highest BCUT2D eigenvalue weighted by Gasteiger charge is 2.15. The monoisotopic (exact) mass is 402 g/mol. The Morgan fingerprint density at radius 2 is 1.03 bits per heavy atom. The number of urea groups is 2. The minimum Gasteiger partial charge on any atom is -0.308 e. The molecule has 0 aliphatic rings. The molecule has 6 nitrogen and oxygen atoms in total. The van der Waals surface area contributed by atoms with Crippen molar-refractivity contribution in [1.82, 2.24) is 0 Å². The summed E-state index contributed by atoms with van der Waals surface area (Å²) < 4.78 is 0. The number of carbonyl (C=O) groups excluding carboxylic acids is 2. The van der Waals surface area contributed by atoms with E-state index in [0.717, 1.165) is 22.5 Å². The van der Waals surface area contributed by atoms with Gasteiger partial charge in [0.25, 0.3) is 0 Å². The SMILES string of the molecule is Cc1cccc(NC(=O)N(C)c2cccc(N(C)C(=O)Nc3cccc(C)c3)c2)c1. The maximum atomic E-state index is 12.6. The van der Waals surface area contributed by atoms with Gasteiger partial charge >= 0.3 is 12.1 Å². The van der Waals surface area contributed by atoms with E-state index in [4.69, 9.17) is 0 Å². The Morgan fingerprint density at radius 1 is 0.633 bits per heavy atom. The number of aryl methyl sites for hydroxylation is 2. The highest BCUT2D eigenvalue weighted by molar-refractivity contribution is 6.03. The summed E-state index contributed by atoms with van der Waals surface area (Å²) in [5, 5.41) is 5.77. The lowest BCUT2D eigenvalue weighted by atomic mass is 10.2. The van der Waals surface area contributed by atoms with Crippen LogP contribution in [0, 0.1) is 13.8 Å². The zero-order chi connectivity index (χ0) is 21.7. The molecule has 0 aliphatic carbocycles. The van der Waals surface area contributed by atoms with E-state index in [-0.39, 0.29) is 12.1 Å². The standard InChI is InChI=1S/C24H26N4O2/c1-17-8-5-10-19(14-17)25-23(29)27(3)21-12-7-13-22(16-21)28(4)24(30)26-20-11-6-9-18(2)15-20/h5-16H,1-4H3,(H,25,29)(H,26,30). The van der Waals surface area contributed by atoms with Gasteiger partial charge < -0.3 is 10.6 Å². The van der Waals surface area contributed by atoms with Crippen molar-refractivity contribution < 1.29 is 9.59 Å².